The Morgan fingerprint density at radius 1 is 1.42 bits per heavy atom. The van der Waals surface area contributed by atoms with Gasteiger partial charge < -0.3 is 19.5 Å². The maximum Gasteiger partial charge on any atom is 0.350 e. The molecule has 0 spiro atoms. The first-order chi connectivity index (χ1) is 9.13. The molecule has 7 heteroatoms. The molecule has 1 aliphatic heterocycles. The number of methoxy groups -OCH3 is 1. The molecule has 102 valence electrons. The number of aryl methyl sites for hydroxylation is 1. The lowest BCUT2D eigenvalue weighted by Crippen LogP contribution is -2.22. The second kappa shape index (κ2) is 5.75. The summed E-state index contributed by atoms with van der Waals surface area (Å²) >= 11 is 1.22. The molecule has 1 aromatic heterocycles. The standard InChI is InChI=1S/C12H13NO5S/c1-7-6-19-10(12(15)16-2)9(7)13-11(14)8-5-17-3-4-18-8/h5-6H,3-4H2,1-2H3,(H,13,14). The minimum atomic E-state index is -0.483. The molecule has 1 N–H and O–H groups in total. The van der Waals surface area contributed by atoms with E-state index in [2.05, 4.69) is 10.1 Å². The van der Waals surface area contributed by atoms with Crippen LogP contribution in [-0.4, -0.2) is 32.2 Å². The van der Waals surface area contributed by atoms with Gasteiger partial charge in [-0.3, -0.25) is 4.79 Å². The van der Waals surface area contributed by atoms with Gasteiger partial charge in [0.2, 0.25) is 5.76 Å². The van der Waals surface area contributed by atoms with Crippen LogP contribution in [0.5, 0.6) is 0 Å². The highest BCUT2D eigenvalue weighted by molar-refractivity contribution is 7.12. The number of hydrogen-bond donors (Lipinski definition) is 1. The number of esters is 1. The van der Waals surface area contributed by atoms with Crippen LogP contribution in [0.3, 0.4) is 0 Å². The second-order valence-electron chi connectivity index (χ2n) is 3.77. The summed E-state index contributed by atoms with van der Waals surface area (Å²) in [5, 5.41) is 4.41. The zero-order valence-corrected chi connectivity index (χ0v) is 11.3. The summed E-state index contributed by atoms with van der Waals surface area (Å²) in [6.45, 7) is 2.54. The molecule has 0 saturated carbocycles. The Labute approximate surface area is 114 Å². The Bertz CT molecular complexity index is 534. The second-order valence-corrected chi connectivity index (χ2v) is 4.65. The van der Waals surface area contributed by atoms with E-state index >= 15 is 0 Å². The number of hydrogen-bond acceptors (Lipinski definition) is 6. The first-order valence-electron chi connectivity index (χ1n) is 5.55. The molecule has 0 radical (unpaired) electrons. The van der Waals surface area contributed by atoms with Gasteiger partial charge >= 0.3 is 5.97 Å². The summed E-state index contributed by atoms with van der Waals surface area (Å²) in [4.78, 5) is 23.9. The van der Waals surface area contributed by atoms with Crippen molar-refractivity contribution in [1.29, 1.82) is 0 Å². The van der Waals surface area contributed by atoms with Crippen LogP contribution in [0, 0.1) is 6.92 Å². The molecule has 0 fully saturated rings. The molecule has 19 heavy (non-hydrogen) atoms. The van der Waals surface area contributed by atoms with Crippen LogP contribution in [0.15, 0.2) is 17.4 Å². The Morgan fingerprint density at radius 3 is 2.84 bits per heavy atom. The van der Waals surface area contributed by atoms with E-state index < -0.39 is 11.9 Å². The smallest absolute Gasteiger partial charge is 0.350 e. The Hall–Kier alpha value is -2.02. The number of thiophene rings is 1. The van der Waals surface area contributed by atoms with Crippen LogP contribution >= 0.6 is 11.3 Å². The van der Waals surface area contributed by atoms with Gasteiger partial charge in [0.1, 0.15) is 24.4 Å². The summed E-state index contributed by atoms with van der Waals surface area (Å²) in [6.07, 6.45) is 1.26. The molecule has 0 aromatic carbocycles. The first kappa shape index (κ1) is 13.4. The third kappa shape index (κ3) is 2.87. The van der Waals surface area contributed by atoms with Gasteiger partial charge in [0.25, 0.3) is 5.91 Å². The maximum atomic E-state index is 11.9. The fourth-order valence-electron chi connectivity index (χ4n) is 1.51. The molecule has 6 nitrogen and oxygen atoms in total. The average Bonchev–Trinajstić information content (AvgIpc) is 2.80. The number of anilines is 1. The van der Waals surface area contributed by atoms with Crippen LogP contribution in [0.1, 0.15) is 15.2 Å². The Balaban J connectivity index is 2.18. The number of nitrogens with one attached hydrogen (secondary N) is 1. The van der Waals surface area contributed by atoms with Gasteiger partial charge in [0.05, 0.1) is 12.8 Å². The highest BCUT2D eigenvalue weighted by Gasteiger charge is 2.22. The van der Waals surface area contributed by atoms with Gasteiger partial charge in [-0.25, -0.2) is 4.79 Å². The summed E-state index contributed by atoms with van der Waals surface area (Å²) in [6, 6.07) is 0. The molecule has 0 bridgehead atoms. The third-order valence-electron chi connectivity index (χ3n) is 2.46. The molecule has 0 aliphatic carbocycles. The van der Waals surface area contributed by atoms with E-state index in [1.54, 1.807) is 12.3 Å². The van der Waals surface area contributed by atoms with Crippen molar-refractivity contribution in [3.8, 4) is 0 Å². The number of carbonyl (C=O) groups excluding carboxylic acids is 2. The van der Waals surface area contributed by atoms with Crippen LogP contribution in [-0.2, 0) is 19.0 Å². The lowest BCUT2D eigenvalue weighted by molar-refractivity contribution is -0.117. The first-order valence-corrected chi connectivity index (χ1v) is 6.43. The van der Waals surface area contributed by atoms with Crippen molar-refractivity contribution >= 4 is 28.9 Å². The molecule has 2 heterocycles. The average molecular weight is 283 g/mol. The highest BCUT2D eigenvalue weighted by Crippen LogP contribution is 2.28. The quantitative estimate of drug-likeness (QED) is 0.854. The molecule has 1 aliphatic rings. The normalized spacial score (nSPS) is 13.9. The number of carbonyl (C=O) groups is 2. The van der Waals surface area contributed by atoms with E-state index in [0.717, 1.165) is 5.56 Å². The Kier molecular flexibility index (Phi) is 4.06. The van der Waals surface area contributed by atoms with Crippen molar-refractivity contribution in [3.05, 3.63) is 27.8 Å². The van der Waals surface area contributed by atoms with Crippen molar-refractivity contribution in [1.82, 2.24) is 0 Å². The zero-order valence-electron chi connectivity index (χ0n) is 10.5. The van der Waals surface area contributed by atoms with Crippen LogP contribution < -0.4 is 5.32 Å². The number of ether oxygens (including phenoxy) is 3. The van der Waals surface area contributed by atoms with E-state index in [-0.39, 0.29) is 5.76 Å². The predicted octanol–water partition coefficient (Wildman–Crippen LogP) is 1.67. The van der Waals surface area contributed by atoms with E-state index in [1.165, 1.54) is 24.7 Å². The van der Waals surface area contributed by atoms with Crippen LogP contribution in [0.4, 0.5) is 5.69 Å². The fourth-order valence-corrected chi connectivity index (χ4v) is 2.43. The number of rotatable bonds is 3. The maximum absolute atomic E-state index is 11.9. The highest BCUT2D eigenvalue weighted by atomic mass is 32.1. The SMILES string of the molecule is COC(=O)c1scc(C)c1NC(=O)C1=COCCO1. The molecular formula is C12H13NO5S. The van der Waals surface area contributed by atoms with E-state index in [1.807, 2.05) is 0 Å². The van der Waals surface area contributed by atoms with E-state index in [4.69, 9.17) is 9.47 Å². The summed E-state index contributed by atoms with van der Waals surface area (Å²) in [5.41, 5.74) is 1.23. The van der Waals surface area contributed by atoms with Crippen molar-refractivity contribution in [2.24, 2.45) is 0 Å². The summed E-state index contributed by atoms with van der Waals surface area (Å²) in [7, 11) is 1.30. The molecule has 0 unspecified atom stereocenters. The van der Waals surface area contributed by atoms with Crippen LogP contribution in [0.2, 0.25) is 0 Å². The zero-order chi connectivity index (χ0) is 13.8. The van der Waals surface area contributed by atoms with Crippen molar-refractivity contribution in [2.45, 2.75) is 6.92 Å². The largest absolute Gasteiger partial charge is 0.494 e. The lowest BCUT2D eigenvalue weighted by Gasteiger charge is -2.15. The minimum Gasteiger partial charge on any atom is -0.494 e. The van der Waals surface area contributed by atoms with E-state index in [0.29, 0.717) is 23.8 Å². The van der Waals surface area contributed by atoms with Crippen molar-refractivity contribution < 1.29 is 23.8 Å². The van der Waals surface area contributed by atoms with E-state index in [9.17, 15) is 9.59 Å². The topological polar surface area (TPSA) is 73.9 Å². The molecular weight excluding hydrogens is 270 g/mol. The number of amides is 1. The molecule has 0 atom stereocenters. The van der Waals surface area contributed by atoms with Crippen LogP contribution in [0.25, 0.3) is 0 Å². The summed E-state index contributed by atoms with van der Waals surface area (Å²) < 4.78 is 14.8. The Morgan fingerprint density at radius 2 is 2.21 bits per heavy atom. The lowest BCUT2D eigenvalue weighted by atomic mass is 10.2. The van der Waals surface area contributed by atoms with Gasteiger partial charge in [-0.05, 0) is 17.9 Å². The summed E-state index contributed by atoms with van der Waals surface area (Å²) in [5.74, 6) is -0.845. The fraction of sp³-hybridized carbons (Fsp3) is 0.333. The molecule has 1 aromatic rings. The van der Waals surface area contributed by atoms with Gasteiger partial charge in [0.15, 0.2) is 0 Å². The predicted molar refractivity (Wildman–Crippen MR) is 69.0 cm³/mol. The van der Waals surface area contributed by atoms with Gasteiger partial charge in [-0.2, -0.15) is 0 Å². The van der Waals surface area contributed by atoms with Crippen molar-refractivity contribution in [3.63, 3.8) is 0 Å². The molecule has 0 saturated heterocycles. The monoisotopic (exact) mass is 283 g/mol. The molecule has 1 amide bonds. The van der Waals surface area contributed by atoms with Gasteiger partial charge in [0, 0.05) is 0 Å². The third-order valence-corrected chi connectivity index (χ3v) is 3.54. The van der Waals surface area contributed by atoms with Gasteiger partial charge in [-0.1, -0.05) is 0 Å². The minimum absolute atomic E-state index is 0.0904. The van der Waals surface area contributed by atoms with Gasteiger partial charge in [-0.15, -0.1) is 11.3 Å². The van der Waals surface area contributed by atoms with Crippen molar-refractivity contribution in [2.75, 3.05) is 25.6 Å². The molecule has 2 rings (SSSR count).